The zero-order valence-electron chi connectivity index (χ0n) is 22.6. The lowest BCUT2D eigenvalue weighted by molar-refractivity contribution is 0.0985. The summed E-state index contributed by atoms with van der Waals surface area (Å²) in [6, 6.07) is 19.4. The average Bonchev–Trinajstić information content (AvgIpc) is 3.41. The van der Waals surface area contributed by atoms with Gasteiger partial charge >= 0.3 is 0 Å². The number of fused-ring (bicyclic) bond motifs is 1. The summed E-state index contributed by atoms with van der Waals surface area (Å²) < 4.78 is 39.6. The minimum atomic E-state index is -3.65. The van der Waals surface area contributed by atoms with E-state index in [9.17, 15) is 13.2 Å². The predicted octanol–water partition coefficient (Wildman–Crippen LogP) is 5.97. The van der Waals surface area contributed by atoms with E-state index in [4.69, 9.17) is 14.5 Å². The van der Waals surface area contributed by atoms with Crippen molar-refractivity contribution in [2.75, 3.05) is 32.2 Å². The van der Waals surface area contributed by atoms with Crippen LogP contribution in [0.5, 0.6) is 11.5 Å². The summed E-state index contributed by atoms with van der Waals surface area (Å²) in [5, 5.41) is 0.482. The number of hydrogen-bond donors (Lipinski definition) is 0. The standard InChI is InChI=1S/C29H33N3O5S2/c1-5-7-19-31(6-2)39(34,35)23-15-13-22(14-16-23)28(33)32(20-21-11-9-8-10-12-21)29-30-26-24(36-3)17-18-25(37-4)27(26)38-29/h8-18H,5-7,19-20H2,1-4H3. The van der Waals surface area contributed by atoms with Gasteiger partial charge in [0.2, 0.25) is 10.0 Å². The molecule has 4 aromatic rings. The zero-order chi connectivity index (χ0) is 28.0. The lowest BCUT2D eigenvalue weighted by Crippen LogP contribution is -2.32. The highest BCUT2D eigenvalue weighted by Gasteiger charge is 2.26. The highest BCUT2D eigenvalue weighted by Crippen LogP contribution is 2.40. The quantitative estimate of drug-likeness (QED) is 0.210. The van der Waals surface area contributed by atoms with Crippen LogP contribution in [-0.2, 0) is 16.6 Å². The molecule has 4 rings (SSSR count). The van der Waals surface area contributed by atoms with Crippen LogP contribution in [0.3, 0.4) is 0 Å². The van der Waals surface area contributed by atoms with Gasteiger partial charge in [0, 0.05) is 18.7 Å². The number of amides is 1. The molecule has 0 aliphatic heterocycles. The van der Waals surface area contributed by atoms with Crippen molar-refractivity contribution in [2.45, 2.75) is 38.1 Å². The third-order valence-corrected chi connectivity index (χ3v) is 9.49. The van der Waals surface area contributed by atoms with E-state index in [1.54, 1.807) is 37.3 Å². The molecule has 10 heteroatoms. The molecule has 0 fully saturated rings. The first-order valence-corrected chi connectivity index (χ1v) is 15.1. The highest BCUT2D eigenvalue weighted by atomic mass is 32.2. The monoisotopic (exact) mass is 567 g/mol. The van der Waals surface area contributed by atoms with Gasteiger partial charge in [0.25, 0.3) is 5.91 Å². The number of rotatable bonds is 12. The maximum absolute atomic E-state index is 13.9. The van der Waals surface area contributed by atoms with Gasteiger partial charge < -0.3 is 9.47 Å². The lowest BCUT2D eigenvalue weighted by Gasteiger charge is -2.22. The highest BCUT2D eigenvalue weighted by molar-refractivity contribution is 7.89. The number of benzene rings is 3. The Morgan fingerprint density at radius 2 is 1.59 bits per heavy atom. The third kappa shape index (κ3) is 6.08. The van der Waals surface area contributed by atoms with Gasteiger partial charge in [-0.1, -0.05) is 61.9 Å². The average molecular weight is 568 g/mol. The first-order valence-electron chi connectivity index (χ1n) is 12.8. The molecule has 0 radical (unpaired) electrons. The number of anilines is 1. The molecule has 0 atom stereocenters. The Kier molecular flexibility index (Phi) is 9.21. The minimum absolute atomic E-state index is 0.168. The molecule has 3 aromatic carbocycles. The van der Waals surface area contributed by atoms with Crippen molar-refractivity contribution in [3.8, 4) is 11.5 Å². The van der Waals surface area contributed by atoms with E-state index in [0.717, 1.165) is 23.1 Å². The topological polar surface area (TPSA) is 89.0 Å². The maximum atomic E-state index is 13.9. The lowest BCUT2D eigenvalue weighted by atomic mass is 10.1. The summed E-state index contributed by atoms with van der Waals surface area (Å²) in [5.41, 5.74) is 1.90. The van der Waals surface area contributed by atoms with Crippen molar-refractivity contribution in [2.24, 2.45) is 0 Å². The van der Waals surface area contributed by atoms with E-state index >= 15 is 0 Å². The van der Waals surface area contributed by atoms with Crippen molar-refractivity contribution in [3.63, 3.8) is 0 Å². The summed E-state index contributed by atoms with van der Waals surface area (Å²) in [6.45, 7) is 4.99. The van der Waals surface area contributed by atoms with E-state index in [-0.39, 0.29) is 17.3 Å². The predicted molar refractivity (Wildman–Crippen MR) is 155 cm³/mol. The van der Waals surface area contributed by atoms with Gasteiger partial charge in [-0.2, -0.15) is 4.31 Å². The molecule has 1 heterocycles. The number of aromatic nitrogens is 1. The molecule has 0 aliphatic rings. The normalized spacial score (nSPS) is 11.6. The molecule has 8 nitrogen and oxygen atoms in total. The second kappa shape index (κ2) is 12.6. The second-order valence-electron chi connectivity index (χ2n) is 8.90. The van der Waals surface area contributed by atoms with Crippen molar-refractivity contribution in [3.05, 3.63) is 77.9 Å². The maximum Gasteiger partial charge on any atom is 0.260 e. The van der Waals surface area contributed by atoms with Crippen LogP contribution in [-0.4, -0.2) is 50.9 Å². The smallest absolute Gasteiger partial charge is 0.260 e. The number of ether oxygens (including phenoxy) is 2. The van der Waals surface area contributed by atoms with E-state index in [0.29, 0.717) is 40.8 Å². The van der Waals surface area contributed by atoms with E-state index in [2.05, 4.69) is 0 Å². The molecule has 0 aliphatic carbocycles. The molecule has 1 amide bonds. The number of unbranched alkanes of at least 4 members (excludes halogenated alkanes) is 1. The Labute approximate surface area is 233 Å². The number of carbonyl (C=O) groups is 1. The molecule has 0 saturated heterocycles. The fraction of sp³-hybridized carbons (Fsp3) is 0.310. The number of methoxy groups -OCH3 is 2. The first-order chi connectivity index (χ1) is 18.8. The first kappa shape index (κ1) is 28.5. The third-order valence-electron chi connectivity index (χ3n) is 6.41. The molecule has 39 heavy (non-hydrogen) atoms. The van der Waals surface area contributed by atoms with Gasteiger partial charge in [-0.15, -0.1) is 0 Å². The molecule has 0 N–H and O–H groups in total. The van der Waals surface area contributed by atoms with E-state index in [1.165, 1.54) is 27.8 Å². The summed E-state index contributed by atoms with van der Waals surface area (Å²) in [5.74, 6) is 0.927. The molecular formula is C29H33N3O5S2. The summed E-state index contributed by atoms with van der Waals surface area (Å²) >= 11 is 1.34. The zero-order valence-corrected chi connectivity index (χ0v) is 24.2. The number of thiazole rings is 1. The van der Waals surface area contributed by atoms with Crippen LogP contribution >= 0.6 is 11.3 Å². The minimum Gasteiger partial charge on any atom is -0.495 e. The Hall–Kier alpha value is -3.47. The summed E-state index contributed by atoms with van der Waals surface area (Å²) in [7, 11) is -0.487. The Morgan fingerprint density at radius 1 is 0.923 bits per heavy atom. The van der Waals surface area contributed by atoms with Crippen LogP contribution in [0.4, 0.5) is 5.13 Å². The number of sulfonamides is 1. The Balaban J connectivity index is 1.72. The molecule has 0 saturated carbocycles. The number of nitrogens with zero attached hydrogens (tertiary/aromatic N) is 3. The van der Waals surface area contributed by atoms with Crippen LogP contribution in [0.15, 0.2) is 71.6 Å². The van der Waals surface area contributed by atoms with Crippen LogP contribution in [0.1, 0.15) is 42.6 Å². The number of carbonyl (C=O) groups excluding carboxylic acids is 1. The van der Waals surface area contributed by atoms with Gasteiger partial charge in [0.05, 0.1) is 25.7 Å². The summed E-state index contributed by atoms with van der Waals surface area (Å²) in [6.07, 6.45) is 1.69. The molecule has 0 bridgehead atoms. The van der Waals surface area contributed by atoms with Crippen molar-refractivity contribution < 1.29 is 22.7 Å². The Morgan fingerprint density at radius 3 is 2.21 bits per heavy atom. The van der Waals surface area contributed by atoms with Crippen LogP contribution in [0, 0.1) is 0 Å². The van der Waals surface area contributed by atoms with E-state index in [1.807, 2.05) is 50.2 Å². The van der Waals surface area contributed by atoms with Gasteiger partial charge in [0.15, 0.2) is 5.13 Å². The molecule has 206 valence electrons. The second-order valence-corrected chi connectivity index (χ2v) is 11.8. The van der Waals surface area contributed by atoms with Crippen molar-refractivity contribution >= 4 is 42.6 Å². The largest absolute Gasteiger partial charge is 0.495 e. The van der Waals surface area contributed by atoms with Gasteiger partial charge in [-0.05, 0) is 48.4 Å². The summed E-state index contributed by atoms with van der Waals surface area (Å²) in [4.78, 5) is 20.4. The molecule has 0 unspecified atom stereocenters. The van der Waals surface area contributed by atoms with Gasteiger partial charge in [0.1, 0.15) is 21.7 Å². The van der Waals surface area contributed by atoms with Crippen LogP contribution in [0.25, 0.3) is 10.2 Å². The van der Waals surface area contributed by atoms with Crippen LogP contribution in [0.2, 0.25) is 0 Å². The SMILES string of the molecule is CCCCN(CC)S(=O)(=O)c1ccc(C(=O)N(Cc2ccccc2)c2nc3c(OC)ccc(OC)c3s2)cc1. The van der Waals surface area contributed by atoms with Gasteiger partial charge in [-0.3, -0.25) is 9.69 Å². The van der Waals surface area contributed by atoms with Gasteiger partial charge in [-0.25, -0.2) is 13.4 Å². The van der Waals surface area contributed by atoms with E-state index < -0.39 is 10.0 Å². The fourth-order valence-corrected chi connectivity index (χ4v) is 6.80. The Bertz CT molecular complexity index is 1480. The van der Waals surface area contributed by atoms with Crippen LogP contribution < -0.4 is 14.4 Å². The molecule has 0 spiro atoms. The molecule has 1 aromatic heterocycles. The number of hydrogen-bond acceptors (Lipinski definition) is 7. The van der Waals surface area contributed by atoms with Crippen molar-refractivity contribution in [1.82, 2.24) is 9.29 Å². The fourth-order valence-electron chi connectivity index (χ4n) is 4.24. The van der Waals surface area contributed by atoms with Crippen molar-refractivity contribution in [1.29, 1.82) is 0 Å². The molecular weight excluding hydrogens is 534 g/mol.